The van der Waals surface area contributed by atoms with Gasteiger partial charge in [0, 0.05) is 11.7 Å². The van der Waals surface area contributed by atoms with E-state index in [-0.39, 0.29) is 5.54 Å². The first-order valence-corrected chi connectivity index (χ1v) is 8.69. The molecule has 6 rings (SSSR count). The number of pyridine rings is 1. The van der Waals surface area contributed by atoms with Crippen molar-refractivity contribution in [1.29, 1.82) is 0 Å². The van der Waals surface area contributed by atoms with Crippen molar-refractivity contribution < 1.29 is 0 Å². The van der Waals surface area contributed by atoms with E-state index in [2.05, 4.69) is 15.6 Å². The van der Waals surface area contributed by atoms with Gasteiger partial charge in [-0.1, -0.05) is 0 Å². The highest BCUT2D eigenvalue weighted by Crippen LogP contribution is 2.59. The third-order valence-electron chi connectivity index (χ3n) is 6.13. The van der Waals surface area contributed by atoms with E-state index in [0.717, 1.165) is 29.1 Å². The summed E-state index contributed by atoms with van der Waals surface area (Å²) in [7, 11) is 0. The third-order valence-corrected chi connectivity index (χ3v) is 6.37. The Labute approximate surface area is 129 Å². The Morgan fingerprint density at radius 1 is 1.14 bits per heavy atom. The number of rotatable bonds is 2. The summed E-state index contributed by atoms with van der Waals surface area (Å²) in [6.07, 6.45) is 12.1. The van der Waals surface area contributed by atoms with Gasteiger partial charge in [0.2, 0.25) is 0 Å². The average molecular weight is 302 g/mol. The van der Waals surface area contributed by atoms with Crippen LogP contribution < -0.4 is 0 Å². The molecule has 4 heteroatoms. The molecule has 4 bridgehead atoms. The zero-order chi connectivity index (χ0) is 14.0. The van der Waals surface area contributed by atoms with Gasteiger partial charge in [0.1, 0.15) is 11.3 Å². The Kier molecular flexibility index (Phi) is 2.50. The van der Waals surface area contributed by atoms with Gasteiger partial charge in [-0.2, -0.15) is 0 Å². The van der Waals surface area contributed by atoms with Crippen molar-refractivity contribution >= 4 is 22.6 Å². The first-order valence-electron chi connectivity index (χ1n) is 8.15. The van der Waals surface area contributed by atoms with Crippen LogP contribution in [0.15, 0.2) is 18.5 Å². The topological polar surface area (TPSA) is 30.7 Å². The minimum Gasteiger partial charge on any atom is -0.321 e. The summed E-state index contributed by atoms with van der Waals surface area (Å²) < 4.78 is 2.52. The zero-order valence-corrected chi connectivity index (χ0v) is 12.9. The summed E-state index contributed by atoms with van der Waals surface area (Å²) >= 11 is 6.24. The molecule has 0 aliphatic heterocycles. The van der Waals surface area contributed by atoms with E-state index in [0.29, 0.717) is 5.88 Å². The van der Waals surface area contributed by atoms with Crippen LogP contribution in [0, 0.1) is 17.8 Å². The van der Waals surface area contributed by atoms with Crippen LogP contribution in [0.5, 0.6) is 0 Å². The molecule has 2 aromatic heterocycles. The van der Waals surface area contributed by atoms with Gasteiger partial charge in [-0.15, -0.1) is 11.6 Å². The normalized spacial score (nSPS) is 37.5. The molecule has 4 aliphatic carbocycles. The van der Waals surface area contributed by atoms with E-state index in [4.69, 9.17) is 16.6 Å². The van der Waals surface area contributed by atoms with Gasteiger partial charge in [0.25, 0.3) is 0 Å². The number of halogens is 1. The van der Waals surface area contributed by atoms with Crippen molar-refractivity contribution in [2.45, 2.75) is 49.9 Å². The zero-order valence-electron chi connectivity index (χ0n) is 12.1. The maximum atomic E-state index is 6.24. The molecule has 0 spiro atoms. The van der Waals surface area contributed by atoms with E-state index >= 15 is 0 Å². The highest BCUT2D eigenvalue weighted by atomic mass is 35.5. The number of nitrogens with zero attached hydrogens (tertiary/aromatic N) is 3. The number of imidazole rings is 1. The van der Waals surface area contributed by atoms with Crippen LogP contribution >= 0.6 is 11.6 Å². The molecular weight excluding hydrogens is 282 g/mol. The van der Waals surface area contributed by atoms with E-state index in [1.807, 2.05) is 12.4 Å². The van der Waals surface area contributed by atoms with Crippen LogP contribution in [0.4, 0.5) is 0 Å². The molecule has 3 nitrogen and oxygen atoms in total. The van der Waals surface area contributed by atoms with E-state index in [1.165, 1.54) is 44.0 Å². The van der Waals surface area contributed by atoms with Crippen molar-refractivity contribution in [1.82, 2.24) is 14.5 Å². The minimum absolute atomic E-state index is 0.287. The average Bonchev–Trinajstić information content (AvgIpc) is 2.85. The van der Waals surface area contributed by atoms with Gasteiger partial charge in [-0.05, 0) is 62.3 Å². The second-order valence-electron chi connectivity index (χ2n) is 7.50. The van der Waals surface area contributed by atoms with E-state index in [9.17, 15) is 0 Å². The van der Waals surface area contributed by atoms with Crippen LogP contribution in [0.3, 0.4) is 0 Å². The molecule has 4 aliphatic rings. The fourth-order valence-corrected chi connectivity index (χ4v) is 6.12. The number of fused-ring (bicyclic) bond motifs is 1. The Morgan fingerprint density at radius 2 is 1.81 bits per heavy atom. The van der Waals surface area contributed by atoms with Crippen molar-refractivity contribution in [3.63, 3.8) is 0 Å². The monoisotopic (exact) mass is 301 g/mol. The first kappa shape index (κ1) is 12.5. The van der Waals surface area contributed by atoms with Gasteiger partial charge in [-0.3, -0.25) is 4.98 Å². The molecule has 110 valence electrons. The molecule has 0 unspecified atom stereocenters. The molecule has 2 aromatic rings. The van der Waals surface area contributed by atoms with E-state index < -0.39 is 0 Å². The summed E-state index contributed by atoms with van der Waals surface area (Å²) in [6.45, 7) is 0. The molecule has 2 heterocycles. The number of aromatic nitrogens is 3. The van der Waals surface area contributed by atoms with Crippen molar-refractivity contribution in [3.05, 3.63) is 24.3 Å². The predicted octanol–water partition coefficient (Wildman–Crippen LogP) is 4.10. The van der Waals surface area contributed by atoms with Gasteiger partial charge in [0.15, 0.2) is 0 Å². The van der Waals surface area contributed by atoms with Gasteiger partial charge < -0.3 is 4.57 Å². The van der Waals surface area contributed by atoms with Gasteiger partial charge in [0.05, 0.1) is 17.6 Å². The van der Waals surface area contributed by atoms with Crippen LogP contribution in [0.25, 0.3) is 11.0 Å². The molecule has 21 heavy (non-hydrogen) atoms. The van der Waals surface area contributed by atoms with E-state index in [1.54, 1.807) is 0 Å². The van der Waals surface area contributed by atoms with Crippen LogP contribution in [-0.4, -0.2) is 14.5 Å². The highest BCUT2D eigenvalue weighted by Gasteiger charge is 2.52. The van der Waals surface area contributed by atoms with Crippen molar-refractivity contribution in [3.8, 4) is 0 Å². The smallest absolute Gasteiger partial charge is 0.125 e. The fraction of sp³-hybridized carbons (Fsp3) is 0.647. The molecule has 0 saturated heterocycles. The second-order valence-corrected chi connectivity index (χ2v) is 7.77. The summed E-state index contributed by atoms with van der Waals surface area (Å²) in [5.74, 6) is 4.33. The Hall–Kier alpha value is -1.09. The first-order chi connectivity index (χ1) is 10.3. The summed E-state index contributed by atoms with van der Waals surface area (Å²) in [5, 5.41) is 0. The lowest BCUT2D eigenvalue weighted by Crippen LogP contribution is -2.52. The standard InChI is InChI=1S/C17H20ClN3/c18-9-16-20-14-10-19-2-1-15(14)21(16)17-6-11-3-12(7-17)5-13(4-11)8-17/h1-2,10-13H,3-9H2. The summed E-state index contributed by atoms with van der Waals surface area (Å²) in [4.78, 5) is 8.99. The molecule has 0 aromatic carbocycles. The quantitative estimate of drug-likeness (QED) is 0.782. The number of hydrogen-bond donors (Lipinski definition) is 0. The maximum Gasteiger partial charge on any atom is 0.125 e. The highest BCUT2D eigenvalue weighted by molar-refractivity contribution is 6.16. The Bertz CT molecular complexity index is 670. The molecule has 4 saturated carbocycles. The fourth-order valence-electron chi connectivity index (χ4n) is 5.94. The largest absolute Gasteiger partial charge is 0.321 e. The van der Waals surface area contributed by atoms with Crippen molar-refractivity contribution in [2.24, 2.45) is 17.8 Å². The summed E-state index contributed by atoms with van der Waals surface area (Å²) in [5.41, 5.74) is 2.53. The SMILES string of the molecule is ClCc1nc2cnccc2n1C12CC3CC(CC(C3)C1)C2. The second kappa shape index (κ2) is 4.22. The summed E-state index contributed by atoms with van der Waals surface area (Å²) in [6, 6.07) is 2.12. The molecule has 0 radical (unpaired) electrons. The van der Waals surface area contributed by atoms with Crippen LogP contribution in [0.2, 0.25) is 0 Å². The predicted molar refractivity (Wildman–Crippen MR) is 83.2 cm³/mol. The number of hydrogen-bond acceptors (Lipinski definition) is 2. The number of alkyl halides is 1. The van der Waals surface area contributed by atoms with Crippen LogP contribution in [-0.2, 0) is 11.4 Å². The maximum absolute atomic E-state index is 6.24. The molecule has 4 fully saturated rings. The Balaban J connectivity index is 1.73. The van der Waals surface area contributed by atoms with Gasteiger partial charge >= 0.3 is 0 Å². The van der Waals surface area contributed by atoms with Gasteiger partial charge in [-0.25, -0.2) is 4.98 Å². The molecular formula is C17H20ClN3. The lowest BCUT2D eigenvalue weighted by molar-refractivity contribution is -0.0420. The lowest BCUT2D eigenvalue weighted by Gasteiger charge is -2.57. The molecule has 0 N–H and O–H groups in total. The molecule has 0 atom stereocenters. The lowest BCUT2D eigenvalue weighted by atomic mass is 9.53. The molecule has 0 amide bonds. The minimum atomic E-state index is 0.287. The third kappa shape index (κ3) is 1.67. The van der Waals surface area contributed by atoms with Crippen LogP contribution in [0.1, 0.15) is 44.3 Å². The van der Waals surface area contributed by atoms with Crippen molar-refractivity contribution in [2.75, 3.05) is 0 Å². The Morgan fingerprint density at radius 3 is 2.43 bits per heavy atom.